The second kappa shape index (κ2) is 6.08. The highest BCUT2D eigenvalue weighted by molar-refractivity contribution is 7.08. The average Bonchev–Trinajstić information content (AvgIpc) is 2.94. The maximum Gasteiger partial charge on any atom is 0.205 e. The third-order valence-electron chi connectivity index (χ3n) is 3.84. The predicted octanol–water partition coefficient (Wildman–Crippen LogP) is 3.73. The molecule has 1 aliphatic heterocycles. The van der Waals surface area contributed by atoms with Gasteiger partial charge in [0.25, 0.3) is 0 Å². The average molecular weight is 297 g/mol. The van der Waals surface area contributed by atoms with Gasteiger partial charge < -0.3 is 9.74 Å². The van der Waals surface area contributed by atoms with Crippen molar-refractivity contribution in [3.05, 3.63) is 22.4 Å². The van der Waals surface area contributed by atoms with E-state index in [0.29, 0.717) is 17.9 Å². The Hall–Kier alpha value is -0.163. The molecule has 2 rings (SSSR count). The number of hydrogen-bond donors (Lipinski definition) is 1. The minimum atomic E-state index is -0.669. The number of hydrogen-bond acceptors (Lipinski definition) is 3. The topological polar surface area (TPSA) is 21.3 Å². The zero-order valence-electron chi connectivity index (χ0n) is 12.7. The number of rotatable bonds is 4. The van der Waals surface area contributed by atoms with Gasteiger partial charge in [0.1, 0.15) is 0 Å². The molecule has 0 amide bonds. The van der Waals surface area contributed by atoms with E-state index in [1.54, 1.807) is 11.3 Å². The first-order chi connectivity index (χ1) is 8.89. The Labute approximate surface area is 123 Å². The minimum absolute atomic E-state index is 0.201. The fraction of sp³-hybridized carbons (Fsp3) is 0.733. The molecule has 1 aliphatic rings. The lowest BCUT2D eigenvalue weighted by molar-refractivity contribution is 0.0340. The van der Waals surface area contributed by atoms with E-state index in [0.717, 1.165) is 13.1 Å². The van der Waals surface area contributed by atoms with Crippen molar-refractivity contribution >= 4 is 20.4 Å². The molecule has 1 radical (unpaired) electrons. The Balaban J connectivity index is 2.20. The van der Waals surface area contributed by atoms with Gasteiger partial charge in [-0.1, -0.05) is 20.8 Å². The van der Waals surface area contributed by atoms with Gasteiger partial charge >= 0.3 is 0 Å². The van der Waals surface area contributed by atoms with Crippen LogP contribution in [-0.2, 0) is 4.43 Å². The van der Waals surface area contributed by atoms with Crippen molar-refractivity contribution in [1.29, 1.82) is 0 Å². The van der Waals surface area contributed by atoms with Gasteiger partial charge in [-0.05, 0) is 40.9 Å². The smallest absolute Gasteiger partial charge is 0.205 e. The van der Waals surface area contributed by atoms with Crippen LogP contribution in [-0.4, -0.2) is 28.2 Å². The summed E-state index contributed by atoms with van der Waals surface area (Å²) in [5, 5.41) is 8.06. The monoisotopic (exact) mass is 296 g/mol. The predicted molar refractivity (Wildman–Crippen MR) is 85.2 cm³/mol. The minimum Gasteiger partial charge on any atom is -0.413 e. The Morgan fingerprint density at radius 1 is 1.37 bits per heavy atom. The van der Waals surface area contributed by atoms with Gasteiger partial charge in [-0.2, -0.15) is 11.3 Å². The molecule has 1 aromatic rings. The van der Waals surface area contributed by atoms with Crippen molar-refractivity contribution in [3.8, 4) is 0 Å². The van der Waals surface area contributed by atoms with Crippen LogP contribution in [0.5, 0.6) is 0 Å². The normalized spacial score (nSPS) is 26.0. The second-order valence-electron chi connectivity index (χ2n) is 6.80. The summed E-state index contributed by atoms with van der Waals surface area (Å²) in [7, 11) is -0.669. The van der Waals surface area contributed by atoms with E-state index in [9.17, 15) is 0 Å². The molecule has 0 aromatic carbocycles. The molecule has 0 aliphatic carbocycles. The van der Waals surface area contributed by atoms with E-state index in [2.05, 4.69) is 56.0 Å². The van der Waals surface area contributed by atoms with Crippen LogP contribution in [0.4, 0.5) is 0 Å². The fourth-order valence-corrected chi connectivity index (χ4v) is 4.79. The summed E-state index contributed by atoms with van der Waals surface area (Å²) in [4.78, 5) is 0. The summed E-state index contributed by atoms with van der Waals surface area (Å²) in [6.07, 6.45) is 0.344. The molecule has 1 fully saturated rings. The van der Waals surface area contributed by atoms with E-state index >= 15 is 0 Å². The lowest BCUT2D eigenvalue weighted by Crippen LogP contribution is -2.42. The van der Waals surface area contributed by atoms with Gasteiger partial charge in [-0.3, -0.25) is 0 Å². The maximum absolute atomic E-state index is 6.39. The molecule has 1 aromatic heterocycles. The first kappa shape index (κ1) is 15.2. The first-order valence-corrected chi connectivity index (χ1v) is 10.4. The van der Waals surface area contributed by atoms with Crippen LogP contribution in [0.15, 0.2) is 16.8 Å². The van der Waals surface area contributed by atoms with Crippen LogP contribution >= 0.6 is 11.3 Å². The summed E-state index contributed by atoms with van der Waals surface area (Å²) in [5.41, 5.74) is 1.69. The van der Waals surface area contributed by atoms with Crippen LogP contribution in [0.1, 0.15) is 32.3 Å². The molecular weight excluding hydrogens is 270 g/mol. The number of thiophene rings is 1. The standard InChI is InChI=1S/C15H26NOSSi/c1-15(2,3)14(17-19(4)5)13-9-16-8-12(13)11-6-7-18-10-11/h6-7,10,12-14,16H,8-9H2,1-5H3/t12-,13+,14?/m1/s1. The molecule has 2 heterocycles. The van der Waals surface area contributed by atoms with Crippen LogP contribution in [0, 0.1) is 11.3 Å². The first-order valence-electron chi connectivity index (χ1n) is 7.09. The van der Waals surface area contributed by atoms with E-state index in [-0.39, 0.29) is 5.41 Å². The molecule has 0 bridgehead atoms. The molecule has 107 valence electrons. The fourth-order valence-electron chi connectivity index (χ4n) is 3.03. The summed E-state index contributed by atoms with van der Waals surface area (Å²) < 4.78 is 6.39. The Bertz CT molecular complexity index is 385. The highest BCUT2D eigenvalue weighted by Gasteiger charge is 2.41. The summed E-state index contributed by atoms with van der Waals surface area (Å²) in [5.74, 6) is 1.20. The largest absolute Gasteiger partial charge is 0.413 e. The van der Waals surface area contributed by atoms with E-state index in [4.69, 9.17) is 4.43 Å². The zero-order chi connectivity index (χ0) is 14.0. The van der Waals surface area contributed by atoms with Crippen LogP contribution in [0.25, 0.3) is 0 Å². The molecule has 0 spiro atoms. The van der Waals surface area contributed by atoms with Crippen molar-refractivity contribution in [2.24, 2.45) is 11.3 Å². The Morgan fingerprint density at radius 3 is 2.63 bits per heavy atom. The van der Waals surface area contributed by atoms with Crippen LogP contribution in [0.2, 0.25) is 13.1 Å². The summed E-state index contributed by atoms with van der Waals surface area (Å²) in [6, 6.07) is 2.28. The third-order valence-corrected chi connectivity index (χ3v) is 5.26. The number of nitrogens with one attached hydrogen (secondary N) is 1. The van der Waals surface area contributed by atoms with Crippen molar-refractivity contribution in [1.82, 2.24) is 5.32 Å². The molecule has 3 atom stereocenters. The van der Waals surface area contributed by atoms with Crippen molar-refractivity contribution < 1.29 is 4.43 Å². The third kappa shape index (κ3) is 3.69. The van der Waals surface area contributed by atoms with Crippen molar-refractivity contribution in [2.75, 3.05) is 13.1 Å². The summed E-state index contributed by atoms with van der Waals surface area (Å²) >= 11 is 1.80. The SMILES string of the molecule is C[Si](C)OC([C@H]1CNC[C@@H]1c1ccsc1)C(C)(C)C. The molecule has 1 saturated heterocycles. The lowest BCUT2D eigenvalue weighted by Gasteiger charge is -2.39. The van der Waals surface area contributed by atoms with E-state index < -0.39 is 9.04 Å². The molecule has 2 nitrogen and oxygen atoms in total. The van der Waals surface area contributed by atoms with Gasteiger partial charge in [0.15, 0.2) is 0 Å². The molecule has 19 heavy (non-hydrogen) atoms. The van der Waals surface area contributed by atoms with Gasteiger partial charge in [0.05, 0.1) is 6.10 Å². The van der Waals surface area contributed by atoms with Gasteiger partial charge in [0.2, 0.25) is 9.04 Å². The quantitative estimate of drug-likeness (QED) is 0.855. The summed E-state index contributed by atoms with van der Waals surface area (Å²) in [6.45, 7) is 13.6. The van der Waals surface area contributed by atoms with Gasteiger partial charge in [0, 0.05) is 24.9 Å². The maximum atomic E-state index is 6.39. The van der Waals surface area contributed by atoms with E-state index in [1.165, 1.54) is 5.56 Å². The van der Waals surface area contributed by atoms with Gasteiger partial charge in [-0.15, -0.1) is 0 Å². The van der Waals surface area contributed by atoms with Crippen LogP contribution < -0.4 is 5.32 Å². The Kier molecular flexibility index (Phi) is 4.87. The van der Waals surface area contributed by atoms with E-state index in [1.807, 2.05) is 0 Å². The molecule has 0 saturated carbocycles. The molecule has 1 unspecified atom stereocenters. The highest BCUT2D eigenvalue weighted by atomic mass is 32.1. The highest BCUT2D eigenvalue weighted by Crippen LogP contribution is 2.39. The molecular formula is C15H26NOSSi. The van der Waals surface area contributed by atoms with Crippen LogP contribution in [0.3, 0.4) is 0 Å². The second-order valence-corrected chi connectivity index (χ2v) is 9.63. The Morgan fingerprint density at radius 2 is 2.11 bits per heavy atom. The van der Waals surface area contributed by atoms with Gasteiger partial charge in [-0.25, -0.2) is 0 Å². The zero-order valence-corrected chi connectivity index (χ0v) is 14.5. The molecule has 4 heteroatoms. The van der Waals surface area contributed by atoms with Crippen molar-refractivity contribution in [3.63, 3.8) is 0 Å². The lowest BCUT2D eigenvalue weighted by atomic mass is 9.75. The molecule has 1 N–H and O–H groups in total. The van der Waals surface area contributed by atoms with Crippen molar-refractivity contribution in [2.45, 2.75) is 45.9 Å².